The summed E-state index contributed by atoms with van der Waals surface area (Å²) < 4.78 is 5.06. The Bertz CT molecular complexity index is 965. The number of nitro groups is 1. The van der Waals surface area contributed by atoms with Gasteiger partial charge < -0.3 is 4.42 Å². The van der Waals surface area contributed by atoms with Crippen molar-refractivity contribution in [2.45, 2.75) is 4.90 Å². The maximum absolute atomic E-state index is 12.8. The normalized spacial score (nSPS) is 11.3. The lowest BCUT2D eigenvalue weighted by molar-refractivity contribution is -0.402. The topological polar surface area (TPSA) is 73.3 Å². The SMILES string of the molecule is O=C(/C(=C/c1ccccc1)Sc1ccc(Cl)cc1)c1ccc([N+](=O)[O-])o1. The molecule has 0 bridgehead atoms. The van der Waals surface area contributed by atoms with Crippen molar-refractivity contribution in [2.24, 2.45) is 0 Å². The molecule has 2 aromatic carbocycles. The van der Waals surface area contributed by atoms with Crippen LogP contribution in [0, 0.1) is 10.1 Å². The van der Waals surface area contributed by atoms with E-state index in [1.807, 2.05) is 30.3 Å². The van der Waals surface area contributed by atoms with Crippen LogP contribution in [0.1, 0.15) is 16.1 Å². The van der Waals surface area contributed by atoms with Gasteiger partial charge in [-0.25, -0.2) is 0 Å². The van der Waals surface area contributed by atoms with Crippen LogP contribution < -0.4 is 0 Å². The van der Waals surface area contributed by atoms with Gasteiger partial charge in [-0.05, 0) is 42.0 Å². The molecule has 0 radical (unpaired) electrons. The number of carbonyl (C=O) groups is 1. The highest BCUT2D eigenvalue weighted by molar-refractivity contribution is 8.04. The fourth-order valence-corrected chi connectivity index (χ4v) is 3.18. The van der Waals surface area contributed by atoms with E-state index >= 15 is 0 Å². The minimum Gasteiger partial charge on any atom is -0.397 e. The zero-order chi connectivity index (χ0) is 18.5. The van der Waals surface area contributed by atoms with E-state index < -0.39 is 16.6 Å². The predicted octanol–water partition coefficient (Wildman–Crippen LogP) is 5.86. The molecular weight excluding hydrogens is 374 g/mol. The second kappa shape index (κ2) is 8.03. The Morgan fingerprint density at radius 3 is 2.35 bits per heavy atom. The van der Waals surface area contributed by atoms with Crippen LogP contribution in [0.2, 0.25) is 5.02 Å². The third-order valence-electron chi connectivity index (χ3n) is 3.36. The van der Waals surface area contributed by atoms with E-state index in [4.69, 9.17) is 16.0 Å². The summed E-state index contributed by atoms with van der Waals surface area (Å²) in [5, 5.41) is 11.4. The van der Waals surface area contributed by atoms with Gasteiger partial charge in [-0.1, -0.05) is 53.7 Å². The molecule has 5 nitrogen and oxygen atoms in total. The van der Waals surface area contributed by atoms with Crippen LogP contribution in [0.25, 0.3) is 6.08 Å². The van der Waals surface area contributed by atoms with Crippen LogP contribution in [0.15, 0.2) is 80.9 Å². The van der Waals surface area contributed by atoms with Crippen LogP contribution >= 0.6 is 23.4 Å². The minimum absolute atomic E-state index is 0.0830. The van der Waals surface area contributed by atoms with Gasteiger partial charge in [0.2, 0.25) is 5.78 Å². The molecule has 0 aliphatic rings. The van der Waals surface area contributed by atoms with Crippen LogP contribution in [0.3, 0.4) is 0 Å². The van der Waals surface area contributed by atoms with Gasteiger partial charge in [0.1, 0.15) is 4.92 Å². The van der Waals surface area contributed by atoms with Gasteiger partial charge >= 0.3 is 5.88 Å². The van der Waals surface area contributed by atoms with Crippen molar-refractivity contribution >= 4 is 41.1 Å². The van der Waals surface area contributed by atoms with Crippen molar-refractivity contribution in [3.63, 3.8) is 0 Å². The van der Waals surface area contributed by atoms with Gasteiger partial charge in [0.25, 0.3) is 0 Å². The molecule has 0 atom stereocenters. The Hall–Kier alpha value is -2.83. The molecule has 0 saturated heterocycles. The number of Topliss-reactive ketones (excluding diaryl/α,β-unsaturated/α-hetero) is 1. The Morgan fingerprint density at radius 1 is 1.04 bits per heavy atom. The minimum atomic E-state index is -0.677. The molecule has 0 aliphatic carbocycles. The molecule has 0 spiro atoms. The molecule has 130 valence electrons. The van der Waals surface area contributed by atoms with Crippen LogP contribution in [-0.4, -0.2) is 10.7 Å². The number of allylic oxidation sites excluding steroid dienone is 1. The zero-order valence-corrected chi connectivity index (χ0v) is 14.9. The van der Waals surface area contributed by atoms with Gasteiger partial charge in [0.15, 0.2) is 5.76 Å². The van der Waals surface area contributed by atoms with Gasteiger partial charge in [-0.2, -0.15) is 0 Å². The summed E-state index contributed by atoms with van der Waals surface area (Å²) in [6.07, 6.45) is 1.72. The second-order valence-electron chi connectivity index (χ2n) is 5.20. The lowest BCUT2D eigenvalue weighted by Crippen LogP contribution is -1.99. The molecule has 1 heterocycles. The fourth-order valence-electron chi connectivity index (χ4n) is 2.14. The molecular formula is C19H12ClNO4S. The van der Waals surface area contributed by atoms with Gasteiger partial charge in [-0.3, -0.25) is 14.9 Å². The highest BCUT2D eigenvalue weighted by Gasteiger charge is 2.21. The van der Waals surface area contributed by atoms with Crippen molar-refractivity contribution in [2.75, 3.05) is 0 Å². The van der Waals surface area contributed by atoms with Crippen molar-refractivity contribution in [1.29, 1.82) is 0 Å². The molecule has 26 heavy (non-hydrogen) atoms. The van der Waals surface area contributed by atoms with E-state index in [2.05, 4.69) is 0 Å². The molecule has 0 unspecified atom stereocenters. The average molecular weight is 386 g/mol. The van der Waals surface area contributed by atoms with Crippen molar-refractivity contribution < 1.29 is 14.1 Å². The van der Waals surface area contributed by atoms with Crippen molar-refractivity contribution in [3.8, 4) is 0 Å². The summed E-state index contributed by atoms with van der Waals surface area (Å²) in [6.45, 7) is 0. The van der Waals surface area contributed by atoms with Gasteiger partial charge in [0.05, 0.1) is 11.0 Å². The number of nitrogens with zero attached hydrogens (tertiary/aromatic N) is 1. The molecule has 7 heteroatoms. The average Bonchev–Trinajstić information content (AvgIpc) is 3.14. The number of hydrogen-bond donors (Lipinski definition) is 0. The van der Waals surface area contributed by atoms with Crippen LogP contribution in [0.4, 0.5) is 5.88 Å². The molecule has 0 aliphatic heterocycles. The molecule has 1 aromatic heterocycles. The van der Waals surface area contributed by atoms with Gasteiger partial charge in [-0.15, -0.1) is 0 Å². The summed E-state index contributed by atoms with van der Waals surface area (Å²) in [6, 6.07) is 18.8. The maximum atomic E-state index is 12.8. The number of hydrogen-bond acceptors (Lipinski definition) is 5. The van der Waals surface area contributed by atoms with Crippen molar-refractivity contribution in [3.05, 3.63) is 98.1 Å². The summed E-state index contributed by atoms with van der Waals surface area (Å²) in [5.41, 5.74) is 0.832. The summed E-state index contributed by atoms with van der Waals surface area (Å²) in [4.78, 5) is 24.1. The first-order valence-electron chi connectivity index (χ1n) is 7.52. The number of rotatable bonds is 6. The smallest absolute Gasteiger partial charge is 0.397 e. The first kappa shape index (κ1) is 18.0. The maximum Gasteiger partial charge on any atom is 0.433 e. The highest BCUT2D eigenvalue weighted by Crippen LogP contribution is 2.32. The Labute approximate surface area is 158 Å². The molecule has 0 saturated carbocycles. The Morgan fingerprint density at radius 2 is 1.73 bits per heavy atom. The highest BCUT2D eigenvalue weighted by atomic mass is 35.5. The van der Waals surface area contributed by atoms with Crippen LogP contribution in [0.5, 0.6) is 0 Å². The summed E-state index contributed by atoms with van der Waals surface area (Å²) in [5.74, 6) is -0.980. The largest absolute Gasteiger partial charge is 0.433 e. The molecule has 0 amide bonds. The quantitative estimate of drug-likeness (QED) is 0.175. The second-order valence-corrected chi connectivity index (χ2v) is 6.75. The standard InChI is InChI=1S/C19H12ClNO4S/c20-14-6-8-15(9-7-14)26-17(12-13-4-2-1-3-5-13)19(22)16-10-11-18(25-16)21(23)24/h1-12H/b17-12-. The first-order chi connectivity index (χ1) is 12.5. The zero-order valence-electron chi connectivity index (χ0n) is 13.3. The number of benzene rings is 2. The fraction of sp³-hybridized carbons (Fsp3) is 0. The third-order valence-corrected chi connectivity index (χ3v) is 4.64. The predicted molar refractivity (Wildman–Crippen MR) is 101 cm³/mol. The Balaban J connectivity index is 1.96. The first-order valence-corrected chi connectivity index (χ1v) is 8.71. The van der Waals surface area contributed by atoms with Crippen molar-refractivity contribution in [1.82, 2.24) is 0 Å². The molecule has 0 fully saturated rings. The summed E-state index contributed by atoms with van der Waals surface area (Å²) >= 11 is 7.14. The van der Waals surface area contributed by atoms with E-state index in [1.54, 1.807) is 30.3 Å². The lowest BCUT2D eigenvalue weighted by atomic mass is 10.2. The van der Waals surface area contributed by atoms with E-state index in [0.717, 1.165) is 10.5 Å². The summed E-state index contributed by atoms with van der Waals surface area (Å²) in [7, 11) is 0. The number of ketones is 1. The van der Waals surface area contributed by atoms with Crippen LogP contribution in [-0.2, 0) is 0 Å². The molecule has 3 aromatic rings. The number of halogens is 1. The Kier molecular flexibility index (Phi) is 5.55. The molecule has 3 rings (SSSR count). The van der Waals surface area contributed by atoms with E-state index in [-0.39, 0.29) is 5.76 Å². The third kappa shape index (κ3) is 4.41. The van der Waals surface area contributed by atoms with Gasteiger partial charge in [0, 0.05) is 9.92 Å². The number of furan rings is 1. The van der Waals surface area contributed by atoms with E-state index in [0.29, 0.717) is 9.93 Å². The molecule has 0 N–H and O–H groups in total. The van der Waals surface area contributed by atoms with E-state index in [9.17, 15) is 14.9 Å². The monoisotopic (exact) mass is 385 g/mol. The lowest BCUT2D eigenvalue weighted by Gasteiger charge is -2.06. The number of carbonyl (C=O) groups excluding carboxylic acids is 1. The van der Waals surface area contributed by atoms with E-state index in [1.165, 1.54) is 23.9 Å². The number of thioether (sulfide) groups is 1.